The number of rotatable bonds is 4. The van der Waals surface area contributed by atoms with Gasteiger partial charge in [-0.1, -0.05) is 13.8 Å². The van der Waals surface area contributed by atoms with Crippen LogP contribution in [0.2, 0.25) is 0 Å². The molecule has 3 N–H and O–H groups in total. The average Bonchev–Trinajstić information content (AvgIpc) is 2.12. The number of amides is 2. The van der Waals surface area contributed by atoms with E-state index in [1.165, 1.54) is 0 Å². The van der Waals surface area contributed by atoms with Crippen molar-refractivity contribution in [2.24, 2.45) is 5.41 Å². The zero-order valence-electron chi connectivity index (χ0n) is 9.17. The number of nitrogens with one attached hydrogen (secondary N) is 2. The largest absolute Gasteiger partial charge is 0.481 e. The standard InChI is InChI=1S/C10H18N2O3/c1-10(2)5-3-7(10)12-9(15)11-6-4-8(13)14/h7H,3-6H2,1-2H3,(H,13,14)(H2,11,12,15). The van der Waals surface area contributed by atoms with E-state index in [-0.39, 0.29) is 30.5 Å². The lowest BCUT2D eigenvalue weighted by Gasteiger charge is -2.44. The number of urea groups is 1. The highest BCUT2D eigenvalue weighted by Crippen LogP contribution is 2.39. The van der Waals surface area contributed by atoms with Gasteiger partial charge in [0.05, 0.1) is 6.42 Å². The summed E-state index contributed by atoms with van der Waals surface area (Å²) in [6.07, 6.45) is 2.08. The van der Waals surface area contributed by atoms with Crippen LogP contribution in [-0.2, 0) is 4.79 Å². The lowest BCUT2D eigenvalue weighted by atomic mass is 9.67. The highest BCUT2D eigenvalue weighted by atomic mass is 16.4. The second-order valence-corrected chi connectivity index (χ2v) is 4.62. The molecule has 1 unspecified atom stereocenters. The van der Waals surface area contributed by atoms with Gasteiger partial charge < -0.3 is 15.7 Å². The third kappa shape index (κ3) is 3.42. The maximum absolute atomic E-state index is 11.3. The summed E-state index contributed by atoms with van der Waals surface area (Å²) in [5.74, 6) is -0.903. The van der Waals surface area contributed by atoms with Gasteiger partial charge in [0.15, 0.2) is 0 Å². The van der Waals surface area contributed by atoms with E-state index in [1.807, 2.05) is 0 Å². The molecule has 0 aliphatic heterocycles. The van der Waals surface area contributed by atoms with E-state index in [0.717, 1.165) is 12.8 Å². The van der Waals surface area contributed by atoms with E-state index < -0.39 is 5.97 Å². The number of hydrogen-bond acceptors (Lipinski definition) is 2. The number of carbonyl (C=O) groups is 2. The van der Waals surface area contributed by atoms with Crippen molar-refractivity contribution in [2.45, 2.75) is 39.2 Å². The molecule has 0 radical (unpaired) electrons. The van der Waals surface area contributed by atoms with Crippen LogP contribution >= 0.6 is 0 Å². The monoisotopic (exact) mass is 214 g/mol. The fourth-order valence-corrected chi connectivity index (χ4v) is 1.63. The van der Waals surface area contributed by atoms with Gasteiger partial charge in [-0.05, 0) is 18.3 Å². The van der Waals surface area contributed by atoms with Crippen molar-refractivity contribution in [1.29, 1.82) is 0 Å². The molecule has 2 amide bonds. The average molecular weight is 214 g/mol. The molecule has 0 bridgehead atoms. The van der Waals surface area contributed by atoms with Crippen LogP contribution in [0.25, 0.3) is 0 Å². The Bertz CT molecular complexity index is 263. The Morgan fingerprint density at radius 1 is 1.47 bits per heavy atom. The van der Waals surface area contributed by atoms with Crippen molar-refractivity contribution in [1.82, 2.24) is 10.6 Å². The molecule has 5 heteroatoms. The minimum absolute atomic E-state index is 0.0402. The topological polar surface area (TPSA) is 78.4 Å². The molecule has 0 saturated heterocycles. The van der Waals surface area contributed by atoms with Crippen LogP contribution in [0.4, 0.5) is 4.79 Å². The normalized spacial score (nSPS) is 22.7. The van der Waals surface area contributed by atoms with Crippen molar-refractivity contribution < 1.29 is 14.7 Å². The van der Waals surface area contributed by atoms with Gasteiger partial charge in [0.25, 0.3) is 0 Å². The van der Waals surface area contributed by atoms with Crippen molar-refractivity contribution in [3.63, 3.8) is 0 Å². The molecule has 0 aromatic heterocycles. The van der Waals surface area contributed by atoms with E-state index in [9.17, 15) is 9.59 Å². The Morgan fingerprint density at radius 2 is 2.13 bits per heavy atom. The summed E-state index contributed by atoms with van der Waals surface area (Å²) in [4.78, 5) is 21.5. The lowest BCUT2D eigenvalue weighted by molar-refractivity contribution is -0.136. The number of carboxylic acids is 1. The van der Waals surface area contributed by atoms with Crippen molar-refractivity contribution >= 4 is 12.0 Å². The molecule has 1 aliphatic carbocycles. The van der Waals surface area contributed by atoms with Gasteiger partial charge in [-0.25, -0.2) is 4.79 Å². The van der Waals surface area contributed by atoms with Crippen LogP contribution in [0.1, 0.15) is 33.1 Å². The molecular weight excluding hydrogens is 196 g/mol. The quantitative estimate of drug-likeness (QED) is 0.652. The molecular formula is C10H18N2O3. The summed E-state index contributed by atoms with van der Waals surface area (Å²) >= 11 is 0. The van der Waals surface area contributed by atoms with Crippen LogP contribution < -0.4 is 10.6 Å². The molecule has 5 nitrogen and oxygen atoms in total. The highest BCUT2D eigenvalue weighted by Gasteiger charge is 2.39. The minimum Gasteiger partial charge on any atom is -0.481 e. The second kappa shape index (κ2) is 4.51. The molecule has 0 spiro atoms. The first-order chi connectivity index (χ1) is 6.92. The molecule has 0 heterocycles. The van der Waals surface area contributed by atoms with Crippen molar-refractivity contribution in [2.75, 3.05) is 6.54 Å². The minimum atomic E-state index is -0.903. The molecule has 0 aromatic rings. The Morgan fingerprint density at radius 3 is 2.53 bits per heavy atom. The van der Waals surface area contributed by atoms with Crippen LogP contribution in [0.15, 0.2) is 0 Å². The van der Waals surface area contributed by atoms with E-state index in [1.54, 1.807) is 0 Å². The summed E-state index contributed by atoms with van der Waals surface area (Å²) in [5.41, 5.74) is 0.171. The van der Waals surface area contributed by atoms with Gasteiger partial charge >= 0.3 is 12.0 Å². The summed E-state index contributed by atoms with van der Waals surface area (Å²) in [6.45, 7) is 4.39. The van der Waals surface area contributed by atoms with E-state index in [2.05, 4.69) is 24.5 Å². The van der Waals surface area contributed by atoms with Gasteiger partial charge in [0, 0.05) is 12.6 Å². The maximum Gasteiger partial charge on any atom is 0.315 e. The Labute approximate surface area is 89.2 Å². The van der Waals surface area contributed by atoms with Crippen molar-refractivity contribution in [3.05, 3.63) is 0 Å². The molecule has 1 atom stereocenters. The second-order valence-electron chi connectivity index (χ2n) is 4.62. The third-order valence-corrected chi connectivity index (χ3v) is 2.95. The van der Waals surface area contributed by atoms with Gasteiger partial charge in [-0.3, -0.25) is 4.79 Å². The summed E-state index contributed by atoms with van der Waals surface area (Å²) < 4.78 is 0. The predicted molar refractivity (Wildman–Crippen MR) is 55.6 cm³/mol. The van der Waals surface area contributed by atoms with E-state index >= 15 is 0 Å². The summed E-state index contributed by atoms with van der Waals surface area (Å²) in [6, 6.07) is -0.0589. The molecule has 0 aromatic carbocycles. The van der Waals surface area contributed by atoms with Gasteiger partial charge in [-0.2, -0.15) is 0 Å². The van der Waals surface area contributed by atoms with Gasteiger partial charge in [0.2, 0.25) is 0 Å². The van der Waals surface area contributed by atoms with E-state index in [0.29, 0.717) is 0 Å². The number of carboxylic acid groups (broad SMARTS) is 1. The van der Waals surface area contributed by atoms with Crippen LogP contribution in [0.5, 0.6) is 0 Å². The van der Waals surface area contributed by atoms with Crippen molar-refractivity contribution in [3.8, 4) is 0 Å². The first-order valence-corrected chi connectivity index (χ1v) is 5.18. The Hall–Kier alpha value is -1.26. The van der Waals surface area contributed by atoms with Crippen LogP contribution in [0, 0.1) is 5.41 Å². The zero-order chi connectivity index (χ0) is 11.5. The molecule has 1 fully saturated rings. The number of aliphatic carboxylic acids is 1. The first-order valence-electron chi connectivity index (χ1n) is 5.18. The molecule has 15 heavy (non-hydrogen) atoms. The molecule has 1 rings (SSSR count). The molecule has 86 valence electrons. The first kappa shape index (κ1) is 11.8. The summed E-state index contributed by atoms with van der Waals surface area (Å²) in [7, 11) is 0. The lowest BCUT2D eigenvalue weighted by Crippen LogP contribution is -2.54. The maximum atomic E-state index is 11.3. The van der Waals surface area contributed by atoms with Gasteiger partial charge in [0.1, 0.15) is 0 Å². The van der Waals surface area contributed by atoms with Crippen LogP contribution in [-0.4, -0.2) is 29.7 Å². The number of hydrogen-bond donors (Lipinski definition) is 3. The Balaban J connectivity index is 2.16. The fourth-order valence-electron chi connectivity index (χ4n) is 1.63. The van der Waals surface area contributed by atoms with E-state index in [4.69, 9.17) is 5.11 Å². The SMILES string of the molecule is CC1(C)CCC1NC(=O)NCCC(=O)O. The highest BCUT2D eigenvalue weighted by molar-refractivity contribution is 5.75. The van der Waals surface area contributed by atoms with Gasteiger partial charge in [-0.15, -0.1) is 0 Å². The fraction of sp³-hybridized carbons (Fsp3) is 0.800. The predicted octanol–water partition coefficient (Wildman–Crippen LogP) is 0.949. The van der Waals surface area contributed by atoms with Crippen LogP contribution in [0.3, 0.4) is 0 Å². The Kier molecular flexibility index (Phi) is 3.55. The zero-order valence-corrected chi connectivity index (χ0v) is 9.17. The molecule has 1 saturated carbocycles. The molecule has 1 aliphatic rings. The summed E-state index contributed by atoms with van der Waals surface area (Å²) in [5, 5.41) is 13.7. The number of carbonyl (C=O) groups excluding carboxylic acids is 1. The smallest absolute Gasteiger partial charge is 0.315 e. The third-order valence-electron chi connectivity index (χ3n) is 2.95.